The smallest absolute Gasteiger partial charge is 0.331 e. The van der Waals surface area contributed by atoms with Crippen LogP contribution in [0.3, 0.4) is 0 Å². The molecule has 4 rings (SSSR count). The van der Waals surface area contributed by atoms with Crippen LogP contribution in [0.5, 0.6) is 11.5 Å². The molecule has 1 aliphatic rings. The van der Waals surface area contributed by atoms with Crippen LogP contribution in [0.15, 0.2) is 60.7 Å². The van der Waals surface area contributed by atoms with Crippen molar-refractivity contribution in [3.8, 4) is 11.5 Å². The van der Waals surface area contributed by atoms with Gasteiger partial charge in [-0.15, -0.1) is 0 Å². The molecule has 0 bridgehead atoms. The van der Waals surface area contributed by atoms with E-state index in [1.54, 1.807) is 18.2 Å². The van der Waals surface area contributed by atoms with Gasteiger partial charge in [-0.05, 0) is 41.3 Å². The summed E-state index contributed by atoms with van der Waals surface area (Å²) in [5, 5.41) is 12.3. The molecule has 1 amide bonds. The van der Waals surface area contributed by atoms with Gasteiger partial charge in [-0.2, -0.15) is 0 Å². The van der Waals surface area contributed by atoms with E-state index >= 15 is 0 Å². The molecular formula is C26H27NO5. The van der Waals surface area contributed by atoms with E-state index in [0.29, 0.717) is 17.1 Å². The van der Waals surface area contributed by atoms with Crippen LogP contribution in [-0.4, -0.2) is 35.1 Å². The molecule has 1 heterocycles. The Bertz CT molecular complexity index is 1170. The van der Waals surface area contributed by atoms with Gasteiger partial charge in [0, 0.05) is 11.6 Å². The van der Waals surface area contributed by atoms with E-state index in [9.17, 15) is 14.7 Å². The summed E-state index contributed by atoms with van der Waals surface area (Å²) in [6, 6.07) is 17.1. The second kappa shape index (κ2) is 8.54. The van der Waals surface area contributed by atoms with Crippen LogP contribution < -0.4 is 9.47 Å². The Morgan fingerprint density at radius 2 is 1.78 bits per heavy atom. The minimum absolute atomic E-state index is 0.156. The molecule has 0 aliphatic carbocycles. The molecule has 3 aromatic rings. The fourth-order valence-corrected chi connectivity index (χ4v) is 4.43. The molecule has 0 spiro atoms. The molecular weight excluding hydrogens is 406 g/mol. The summed E-state index contributed by atoms with van der Waals surface area (Å²) >= 11 is 0. The molecule has 0 saturated carbocycles. The normalized spacial score (nSPS) is 19.3. The summed E-state index contributed by atoms with van der Waals surface area (Å²) < 4.78 is 11.4. The third kappa shape index (κ3) is 3.66. The van der Waals surface area contributed by atoms with E-state index in [0.717, 1.165) is 16.3 Å². The van der Waals surface area contributed by atoms with E-state index in [1.807, 2.05) is 63.2 Å². The molecule has 0 radical (unpaired) electrons. The molecule has 1 aliphatic heterocycles. The predicted octanol–water partition coefficient (Wildman–Crippen LogP) is 4.98. The Morgan fingerprint density at radius 3 is 2.47 bits per heavy atom. The van der Waals surface area contributed by atoms with Gasteiger partial charge in [-0.25, -0.2) is 4.79 Å². The molecule has 0 aromatic heterocycles. The molecule has 6 nitrogen and oxygen atoms in total. The van der Waals surface area contributed by atoms with Gasteiger partial charge in [0.05, 0.1) is 13.2 Å². The Kier molecular flexibility index (Phi) is 5.78. The third-order valence-corrected chi connectivity index (χ3v) is 6.08. The zero-order valence-corrected chi connectivity index (χ0v) is 18.6. The number of carbonyl (C=O) groups excluding carboxylic acids is 1. The van der Waals surface area contributed by atoms with Crippen LogP contribution in [0, 0.1) is 5.92 Å². The quantitative estimate of drug-likeness (QED) is 0.614. The first kappa shape index (κ1) is 21.7. The zero-order valence-electron chi connectivity index (χ0n) is 18.6. The van der Waals surface area contributed by atoms with E-state index < -0.39 is 24.2 Å². The highest BCUT2D eigenvalue weighted by molar-refractivity contribution is 5.91. The van der Waals surface area contributed by atoms with Crippen LogP contribution in [0.4, 0.5) is 0 Å². The highest BCUT2D eigenvalue weighted by Crippen LogP contribution is 2.42. The Hall–Kier alpha value is -3.54. The monoisotopic (exact) mass is 433 g/mol. The maximum Gasteiger partial charge on any atom is 0.331 e. The molecule has 0 saturated heterocycles. The van der Waals surface area contributed by atoms with Gasteiger partial charge in [0.15, 0.2) is 12.1 Å². The fraction of sp³-hybridized carbons (Fsp3) is 0.308. The predicted molar refractivity (Wildman–Crippen MR) is 122 cm³/mol. The van der Waals surface area contributed by atoms with Crippen molar-refractivity contribution in [3.05, 3.63) is 71.8 Å². The number of nitrogens with zero attached hydrogens (tertiary/aromatic N) is 1. The summed E-state index contributed by atoms with van der Waals surface area (Å²) in [4.78, 5) is 27.8. The lowest BCUT2D eigenvalue weighted by Crippen LogP contribution is -2.47. The molecule has 1 N–H and O–H groups in total. The minimum Gasteiger partial charge on any atom is -0.497 e. The number of amides is 1. The number of carboxylic acids is 1. The van der Waals surface area contributed by atoms with E-state index in [4.69, 9.17) is 9.47 Å². The molecule has 0 fully saturated rings. The fourth-order valence-electron chi connectivity index (χ4n) is 4.43. The van der Waals surface area contributed by atoms with E-state index in [-0.39, 0.29) is 11.8 Å². The van der Waals surface area contributed by atoms with Gasteiger partial charge in [-0.1, -0.05) is 56.3 Å². The average Bonchev–Trinajstić information content (AvgIpc) is 2.92. The molecule has 3 atom stereocenters. The van der Waals surface area contributed by atoms with Crippen molar-refractivity contribution >= 4 is 22.6 Å². The minimum atomic E-state index is -1.19. The van der Waals surface area contributed by atoms with Gasteiger partial charge in [0.1, 0.15) is 11.5 Å². The molecule has 166 valence electrons. The summed E-state index contributed by atoms with van der Waals surface area (Å²) in [5.41, 5.74) is 1.32. The van der Waals surface area contributed by atoms with Crippen molar-refractivity contribution in [2.24, 2.45) is 5.92 Å². The van der Waals surface area contributed by atoms with Crippen molar-refractivity contribution in [2.45, 2.75) is 39.0 Å². The van der Waals surface area contributed by atoms with Gasteiger partial charge < -0.3 is 19.5 Å². The lowest BCUT2D eigenvalue weighted by atomic mass is 9.94. The first-order chi connectivity index (χ1) is 15.3. The van der Waals surface area contributed by atoms with Gasteiger partial charge in [-0.3, -0.25) is 4.79 Å². The lowest BCUT2D eigenvalue weighted by molar-refractivity contribution is -0.156. The average molecular weight is 434 g/mol. The number of methoxy groups -OCH3 is 1. The Morgan fingerprint density at radius 1 is 1.06 bits per heavy atom. The highest BCUT2D eigenvalue weighted by Gasteiger charge is 2.44. The number of hydrogen-bond donors (Lipinski definition) is 1. The van der Waals surface area contributed by atoms with Gasteiger partial charge in [0.25, 0.3) is 5.91 Å². The molecule has 6 heteroatoms. The maximum atomic E-state index is 13.8. The van der Waals surface area contributed by atoms with Crippen LogP contribution in [0.2, 0.25) is 0 Å². The summed E-state index contributed by atoms with van der Waals surface area (Å²) in [6.45, 7) is 5.66. The number of carbonyl (C=O) groups is 2. The number of carboxylic acid groups (broad SMARTS) is 1. The van der Waals surface area contributed by atoms with Crippen molar-refractivity contribution in [3.63, 3.8) is 0 Å². The van der Waals surface area contributed by atoms with Crippen molar-refractivity contribution < 1.29 is 24.2 Å². The van der Waals surface area contributed by atoms with Crippen molar-refractivity contribution in [1.82, 2.24) is 4.90 Å². The summed E-state index contributed by atoms with van der Waals surface area (Å²) in [6.07, 6.45) is -0.817. The molecule has 3 aromatic carbocycles. The van der Waals surface area contributed by atoms with Crippen molar-refractivity contribution in [1.29, 1.82) is 0 Å². The number of hydrogen-bond acceptors (Lipinski definition) is 4. The number of benzene rings is 3. The second-order valence-electron chi connectivity index (χ2n) is 8.42. The van der Waals surface area contributed by atoms with Crippen LogP contribution >= 0.6 is 0 Å². The van der Waals surface area contributed by atoms with Crippen LogP contribution in [0.1, 0.15) is 44.0 Å². The SMILES string of the molecule is COc1ccc2c(c1)OC(C(C)C)C(=O)N(C(C)c1cccc3ccccc13)C2C(=O)O. The van der Waals surface area contributed by atoms with E-state index in [2.05, 4.69) is 0 Å². The lowest BCUT2D eigenvalue weighted by Gasteiger charge is -2.35. The Balaban J connectivity index is 1.92. The largest absolute Gasteiger partial charge is 0.497 e. The zero-order chi connectivity index (χ0) is 23.0. The first-order valence-electron chi connectivity index (χ1n) is 10.7. The maximum absolute atomic E-state index is 13.8. The number of ether oxygens (including phenoxy) is 2. The topological polar surface area (TPSA) is 76.1 Å². The second-order valence-corrected chi connectivity index (χ2v) is 8.42. The molecule has 3 unspecified atom stereocenters. The number of rotatable bonds is 5. The standard InChI is InChI=1S/C26H27NO5/c1-15(2)24-25(28)27(16(3)19-11-7-9-17-8-5-6-10-20(17)19)23(26(29)30)21-13-12-18(31-4)14-22(21)32-24/h5-16,23-24H,1-4H3,(H,29,30). The third-order valence-electron chi connectivity index (χ3n) is 6.08. The summed E-state index contributed by atoms with van der Waals surface area (Å²) in [5.74, 6) is -0.709. The highest BCUT2D eigenvalue weighted by atomic mass is 16.5. The van der Waals surface area contributed by atoms with Gasteiger partial charge in [0.2, 0.25) is 0 Å². The first-order valence-corrected chi connectivity index (χ1v) is 10.7. The van der Waals surface area contributed by atoms with Crippen LogP contribution in [0.25, 0.3) is 10.8 Å². The molecule has 32 heavy (non-hydrogen) atoms. The summed E-state index contributed by atoms with van der Waals surface area (Å²) in [7, 11) is 1.53. The number of aliphatic carboxylic acids is 1. The van der Waals surface area contributed by atoms with E-state index in [1.165, 1.54) is 12.0 Å². The number of fused-ring (bicyclic) bond motifs is 2. The Labute approximate surface area is 187 Å². The van der Waals surface area contributed by atoms with Crippen molar-refractivity contribution in [2.75, 3.05) is 7.11 Å². The van der Waals surface area contributed by atoms with Gasteiger partial charge >= 0.3 is 5.97 Å². The van der Waals surface area contributed by atoms with Crippen LogP contribution in [-0.2, 0) is 9.59 Å².